The minimum atomic E-state index is -3.75. The number of hydrogen-bond donors (Lipinski definition) is 1. The van der Waals surface area contributed by atoms with Crippen LogP contribution in [0, 0.1) is 11.7 Å². The Labute approximate surface area is 158 Å². The lowest BCUT2D eigenvalue weighted by atomic mass is 9.97. The van der Waals surface area contributed by atoms with Crippen LogP contribution in [0.3, 0.4) is 0 Å². The van der Waals surface area contributed by atoms with E-state index in [9.17, 15) is 17.6 Å². The molecule has 0 radical (unpaired) electrons. The zero-order valence-corrected chi connectivity index (χ0v) is 15.5. The summed E-state index contributed by atoms with van der Waals surface area (Å²) in [7, 11) is -3.75. The Kier molecular flexibility index (Phi) is 6.08. The molecule has 0 aliphatic carbocycles. The van der Waals surface area contributed by atoms with E-state index in [-0.39, 0.29) is 17.4 Å². The van der Waals surface area contributed by atoms with E-state index in [1.807, 2.05) is 6.07 Å². The van der Waals surface area contributed by atoms with Gasteiger partial charge in [-0.3, -0.25) is 0 Å². The topological polar surface area (TPSA) is 75.7 Å². The fourth-order valence-corrected chi connectivity index (χ4v) is 4.07. The summed E-state index contributed by atoms with van der Waals surface area (Å²) in [6, 6.07) is 13.8. The Balaban J connectivity index is 1.47. The minimum absolute atomic E-state index is 0.0913. The molecule has 2 aromatic rings. The normalized spacial score (nSPS) is 15.5. The van der Waals surface area contributed by atoms with Crippen LogP contribution in [0.5, 0.6) is 5.75 Å². The van der Waals surface area contributed by atoms with E-state index < -0.39 is 21.9 Å². The maximum absolute atomic E-state index is 13.2. The summed E-state index contributed by atoms with van der Waals surface area (Å²) in [5, 5.41) is 0. The highest BCUT2D eigenvalue weighted by Gasteiger charge is 2.25. The second-order valence-electron chi connectivity index (χ2n) is 6.42. The number of carbonyl (C=O) groups excluding carboxylic acids is 1. The lowest BCUT2D eigenvalue weighted by Crippen LogP contribution is -2.42. The molecule has 1 fully saturated rings. The van der Waals surface area contributed by atoms with Crippen LogP contribution in [-0.2, 0) is 10.0 Å². The lowest BCUT2D eigenvalue weighted by molar-refractivity contribution is 0.131. The van der Waals surface area contributed by atoms with Crippen molar-refractivity contribution in [2.75, 3.05) is 19.6 Å². The van der Waals surface area contributed by atoms with E-state index in [1.54, 1.807) is 29.2 Å². The first-order valence-corrected chi connectivity index (χ1v) is 10.2. The third kappa shape index (κ3) is 5.27. The molecule has 8 heteroatoms. The minimum Gasteiger partial charge on any atom is -0.410 e. The maximum Gasteiger partial charge on any atom is 0.415 e. The average molecular weight is 392 g/mol. The summed E-state index contributed by atoms with van der Waals surface area (Å²) >= 11 is 0. The van der Waals surface area contributed by atoms with Crippen LogP contribution in [0.4, 0.5) is 9.18 Å². The summed E-state index contributed by atoms with van der Waals surface area (Å²) in [6.07, 6.45) is 0.922. The van der Waals surface area contributed by atoms with E-state index >= 15 is 0 Å². The van der Waals surface area contributed by atoms with Gasteiger partial charge in [0.05, 0.1) is 4.90 Å². The maximum atomic E-state index is 13.2. The summed E-state index contributed by atoms with van der Waals surface area (Å²) in [4.78, 5) is 13.7. The second kappa shape index (κ2) is 8.49. The van der Waals surface area contributed by atoms with E-state index in [4.69, 9.17) is 4.74 Å². The molecule has 0 atom stereocenters. The van der Waals surface area contributed by atoms with Crippen LogP contribution in [0.1, 0.15) is 12.8 Å². The van der Waals surface area contributed by atoms with E-state index in [1.165, 1.54) is 18.2 Å². The Morgan fingerprint density at radius 1 is 1.11 bits per heavy atom. The van der Waals surface area contributed by atoms with Crippen molar-refractivity contribution in [2.24, 2.45) is 5.92 Å². The van der Waals surface area contributed by atoms with Crippen molar-refractivity contribution >= 4 is 16.1 Å². The number of rotatable bonds is 5. The van der Waals surface area contributed by atoms with Gasteiger partial charge in [0, 0.05) is 19.6 Å². The van der Waals surface area contributed by atoms with Gasteiger partial charge in [0.1, 0.15) is 11.6 Å². The SMILES string of the molecule is O=C(Oc1ccccc1)N1CCC(CNS(=O)(=O)c2cccc(F)c2)CC1. The Morgan fingerprint density at radius 3 is 2.48 bits per heavy atom. The van der Waals surface area contributed by atoms with Crippen molar-refractivity contribution in [1.82, 2.24) is 9.62 Å². The van der Waals surface area contributed by atoms with Crippen molar-refractivity contribution in [3.8, 4) is 5.75 Å². The van der Waals surface area contributed by atoms with Crippen LogP contribution in [0.2, 0.25) is 0 Å². The van der Waals surface area contributed by atoms with Crippen molar-refractivity contribution in [3.63, 3.8) is 0 Å². The number of nitrogens with one attached hydrogen (secondary N) is 1. The van der Waals surface area contributed by atoms with Gasteiger partial charge in [0.25, 0.3) is 0 Å². The Hall–Kier alpha value is -2.45. The monoisotopic (exact) mass is 392 g/mol. The molecular weight excluding hydrogens is 371 g/mol. The Bertz CT molecular complexity index is 882. The van der Waals surface area contributed by atoms with Crippen molar-refractivity contribution in [2.45, 2.75) is 17.7 Å². The summed E-state index contributed by atoms with van der Waals surface area (Å²) in [6.45, 7) is 1.25. The van der Waals surface area contributed by atoms with Crippen molar-refractivity contribution in [3.05, 3.63) is 60.4 Å². The number of para-hydroxylation sites is 1. The number of piperidine rings is 1. The number of ether oxygens (including phenoxy) is 1. The van der Waals surface area contributed by atoms with Gasteiger partial charge in [-0.05, 0) is 49.1 Å². The molecule has 1 N–H and O–H groups in total. The molecule has 1 aliphatic heterocycles. The zero-order chi connectivity index (χ0) is 19.3. The number of likely N-dealkylation sites (tertiary alicyclic amines) is 1. The molecule has 1 saturated heterocycles. The molecule has 1 aliphatic rings. The van der Waals surface area contributed by atoms with Gasteiger partial charge >= 0.3 is 6.09 Å². The summed E-state index contributed by atoms with van der Waals surface area (Å²) < 4.78 is 45.5. The number of halogens is 1. The number of sulfonamides is 1. The fourth-order valence-electron chi connectivity index (χ4n) is 2.92. The smallest absolute Gasteiger partial charge is 0.410 e. The van der Waals surface area contributed by atoms with E-state index in [0.29, 0.717) is 31.7 Å². The molecule has 1 heterocycles. The van der Waals surface area contributed by atoms with Gasteiger partial charge in [-0.15, -0.1) is 0 Å². The highest BCUT2D eigenvalue weighted by Crippen LogP contribution is 2.19. The molecule has 3 rings (SSSR count). The third-order valence-corrected chi connectivity index (χ3v) is 5.91. The first-order valence-electron chi connectivity index (χ1n) is 8.71. The molecule has 0 aromatic heterocycles. The number of nitrogens with zero attached hydrogens (tertiary/aromatic N) is 1. The van der Waals surface area contributed by atoms with Gasteiger partial charge in [-0.1, -0.05) is 24.3 Å². The van der Waals surface area contributed by atoms with E-state index in [2.05, 4.69) is 4.72 Å². The number of hydrogen-bond acceptors (Lipinski definition) is 4. The van der Waals surface area contributed by atoms with Gasteiger partial charge in [-0.25, -0.2) is 22.3 Å². The number of carbonyl (C=O) groups is 1. The van der Waals surface area contributed by atoms with Crippen LogP contribution < -0.4 is 9.46 Å². The molecule has 0 bridgehead atoms. The summed E-state index contributed by atoms with van der Waals surface area (Å²) in [5.41, 5.74) is 0. The molecular formula is C19H21FN2O4S. The van der Waals surface area contributed by atoms with Crippen molar-refractivity contribution < 1.29 is 22.3 Å². The molecule has 1 amide bonds. The molecule has 0 spiro atoms. The quantitative estimate of drug-likeness (QED) is 0.849. The van der Waals surface area contributed by atoms with Crippen LogP contribution in [0.25, 0.3) is 0 Å². The lowest BCUT2D eigenvalue weighted by Gasteiger charge is -2.31. The zero-order valence-electron chi connectivity index (χ0n) is 14.7. The first kappa shape index (κ1) is 19.3. The summed E-state index contributed by atoms with van der Waals surface area (Å²) in [5.74, 6) is 0.00435. The molecule has 6 nitrogen and oxygen atoms in total. The molecule has 0 unspecified atom stereocenters. The molecule has 144 valence electrons. The molecule has 2 aromatic carbocycles. The van der Waals surface area contributed by atoms with Crippen LogP contribution >= 0.6 is 0 Å². The van der Waals surface area contributed by atoms with Crippen LogP contribution in [0.15, 0.2) is 59.5 Å². The third-order valence-electron chi connectivity index (χ3n) is 4.49. The Morgan fingerprint density at radius 2 is 1.81 bits per heavy atom. The molecule has 0 saturated carbocycles. The van der Waals surface area contributed by atoms with E-state index in [0.717, 1.165) is 6.07 Å². The number of benzene rings is 2. The number of amides is 1. The van der Waals surface area contributed by atoms with Gasteiger partial charge in [-0.2, -0.15) is 0 Å². The highest BCUT2D eigenvalue weighted by atomic mass is 32.2. The first-order chi connectivity index (χ1) is 12.9. The average Bonchev–Trinajstić information content (AvgIpc) is 2.68. The standard InChI is InChI=1S/C19H21FN2O4S/c20-16-5-4-8-18(13-16)27(24,25)21-14-15-9-11-22(12-10-15)19(23)26-17-6-2-1-3-7-17/h1-8,13,15,21H,9-12,14H2. The largest absolute Gasteiger partial charge is 0.415 e. The predicted octanol–water partition coefficient (Wildman–Crippen LogP) is 3.02. The predicted molar refractivity (Wildman–Crippen MR) is 98.4 cm³/mol. The highest BCUT2D eigenvalue weighted by molar-refractivity contribution is 7.89. The van der Waals surface area contributed by atoms with Gasteiger partial charge in [0.15, 0.2) is 0 Å². The van der Waals surface area contributed by atoms with Crippen molar-refractivity contribution in [1.29, 1.82) is 0 Å². The molecule has 27 heavy (non-hydrogen) atoms. The van der Waals surface area contributed by atoms with Crippen LogP contribution in [-0.4, -0.2) is 39.0 Å². The fraction of sp³-hybridized carbons (Fsp3) is 0.316. The van der Waals surface area contributed by atoms with Gasteiger partial charge in [0.2, 0.25) is 10.0 Å². The van der Waals surface area contributed by atoms with Gasteiger partial charge < -0.3 is 9.64 Å². The second-order valence-corrected chi connectivity index (χ2v) is 8.19.